The van der Waals surface area contributed by atoms with Gasteiger partial charge in [-0.1, -0.05) is 35.1 Å². The van der Waals surface area contributed by atoms with E-state index in [-0.39, 0.29) is 33.8 Å². The second-order valence-corrected chi connectivity index (χ2v) is 15.3. The third-order valence-corrected chi connectivity index (χ3v) is 7.79. The van der Waals surface area contributed by atoms with E-state index in [1.54, 1.807) is 47.6 Å². The van der Waals surface area contributed by atoms with Crippen LogP contribution in [0.1, 0.15) is 57.5 Å². The topological polar surface area (TPSA) is 194 Å². The lowest BCUT2D eigenvalue weighted by Crippen LogP contribution is -2.33. The van der Waals surface area contributed by atoms with Crippen LogP contribution in [0.2, 0.25) is 0 Å². The summed E-state index contributed by atoms with van der Waals surface area (Å²) in [5, 5.41) is 22.4. The fourth-order valence-electron chi connectivity index (χ4n) is 4.82. The van der Waals surface area contributed by atoms with Crippen LogP contribution in [-0.4, -0.2) is 66.3 Å². The maximum Gasteiger partial charge on any atom is 0.491 e. The number of rotatable bonds is 5. The van der Waals surface area contributed by atoms with Gasteiger partial charge in [0.15, 0.2) is 16.8 Å². The molecule has 15 nitrogen and oxygen atoms in total. The third kappa shape index (κ3) is 13.6. The molecule has 60 heavy (non-hydrogen) atoms. The van der Waals surface area contributed by atoms with Crippen molar-refractivity contribution in [2.45, 2.75) is 52.7 Å². The summed E-state index contributed by atoms with van der Waals surface area (Å²) in [6, 6.07) is 17.4. The number of anilines is 2. The first kappa shape index (κ1) is 45.8. The molecule has 4 aromatic carbocycles. The number of ketones is 1. The first-order chi connectivity index (χ1) is 28.1. The molecule has 2 heterocycles. The summed E-state index contributed by atoms with van der Waals surface area (Å²) in [5.74, 6) is -1.73. The highest BCUT2D eigenvalue weighted by atomic mass is 79.9. The quantitative estimate of drug-likeness (QED) is 0.0735. The zero-order chi connectivity index (χ0) is 44.4. The maximum absolute atomic E-state index is 14.5. The van der Waals surface area contributed by atoms with Crippen LogP contribution in [0.5, 0.6) is 0 Å². The number of nitrogens with zero attached hydrogens (tertiary/aromatic N) is 6. The summed E-state index contributed by atoms with van der Waals surface area (Å²) >= 11 is 3.33. The first-order valence-electron chi connectivity index (χ1n) is 17.6. The van der Waals surface area contributed by atoms with Crippen LogP contribution >= 0.6 is 15.9 Å². The molecular formula is C41H36BBrF2N8O7. The third-order valence-electron chi connectivity index (χ3n) is 7.30. The molecule has 0 aliphatic heterocycles. The van der Waals surface area contributed by atoms with Crippen LogP contribution in [0.15, 0.2) is 89.7 Å². The van der Waals surface area contributed by atoms with Crippen molar-refractivity contribution < 1.29 is 42.7 Å². The van der Waals surface area contributed by atoms with E-state index in [2.05, 4.69) is 56.2 Å². The summed E-state index contributed by atoms with van der Waals surface area (Å²) < 4.78 is 38.9. The van der Waals surface area contributed by atoms with Crippen LogP contribution in [0.3, 0.4) is 0 Å². The Kier molecular flexibility index (Phi) is 15.0. The monoisotopic (exact) mass is 880 g/mol. The highest BCUT2D eigenvalue weighted by Crippen LogP contribution is 2.23. The number of carbonyl (C=O) groups excluding carboxylic acids is 3. The fourth-order valence-corrected chi connectivity index (χ4v) is 5.16. The zero-order valence-corrected chi connectivity index (χ0v) is 34.5. The number of benzene rings is 4. The van der Waals surface area contributed by atoms with E-state index in [1.165, 1.54) is 48.8 Å². The van der Waals surface area contributed by atoms with Gasteiger partial charge in [-0.15, -0.1) is 9.97 Å². The highest BCUT2D eigenvalue weighted by Gasteiger charge is 2.21. The minimum Gasteiger partial charge on any atom is -0.444 e. The number of amides is 2. The van der Waals surface area contributed by atoms with Crippen molar-refractivity contribution in [1.29, 1.82) is 0 Å². The van der Waals surface area contributed by atoms with Gasteiger partial charge in [-0.25, -0.2) is 18.4 Å². The van der Waals surface area contributed by atoms with Gasteiger partial charge in [0.05, 0.1) is 18.0 Å². The molecule has 6 rings (SSSR count). The van der Waals surface area contributed by atoms with Gasteiger partial charge < -0.3 is 29.2 Å². The molecule has 306 valence electrons. The van der Waals surface area contributed by atoms with Gasteiger partial charge in [-0.3, -0.25) is 25.4 Å². The van der Waals surface area contributed by atoms with Crippen molar-refractivity contribution in [2.75, 3.05) is 10.6 Å². The number of nitrogens with one attached hydrogen (secondary N) is 2. The Morgan fingerprint density at radius 2 is 1.17 bits per heavy atom. The highest BCUT2D eigenvalue weighted by molar-refractivity contribution is 9.10. The molecule has 0 saturated carbocycles. The Balaban J connectivity index is 0.000000218. The minimum atomic E-state index is -1.89. The number of halogens is 3. The summed E-state index contributed by atoms with van der Waals surface area (Å²) in [4.78, 5) is 58.8. The SMILES string of the molecule is CC(C)(C)OC(=O)Nc1ccc(B(O)O)c(F)c1.[C-]#[N+]c1cnc2ccc(Br)cc2n1.[C-]#[N+]c1cnc2ccc(C(=O)c3ccc(NC(=O)OC(C)(C)C)cc3F)cc2n1. The number of fused-ring (bicyclic) bond motifs is 2. The summed E-state index contributed by atoms with van der Waals surface area (Å²) in [7, 11) is -1.89. The molecule has 0 aliphatic carbocycles. The average Bonchev–Trinajstić information content (AvgIpc) is 3.15. The molecule has 6 aromatic rings. The molecule has 4 N–H and O–H groups in total. The van der Waals surface area contributed by atoms with Gasteiger partial charge in [-0.2, -0.15) is 0 Å². The lowest BCUT2D eigenvalue weighted by molar-refractivity contribution is 0.0624. The Morgan fingerprint density at radius 3 is 1.63 bits per heavy atom. The molecule has 19 heteroatoms. The number of carbonyl (C=O) groups is 3. The van der Waals surface area contributed by atoms with Gasteiger partial charge in [0.2, 0.25) is 0 Å². The second-order valence-electron chi connectivity index (χ2n) is 14.4. The number of aromatic nitrogens is 4. The van der Waals surface area contributed by atoms with Crippen molar-refractivity contribution in [3.05, 3.63) is 135 Å². The molecule has 0 fully saturated rings. The normalized spacial score (nSPS) is 10.8. The average molecular weight is 881 g/mol. The van der Waals surface area contributed by atoms with E-state index < -0.39 is 47.9 Å². The van der Waals surface area contributed by atoms with Gasteiger partial charge in [-0.05, 0) is 96.1 Å². The van der Waals surface area contributed by atoms with Crippen LogP contribution in [0.4, 0.5) is 41.4 Å². The predicted octanol–water partition coefficient (Wildman–Crippen LogP) is 8.69. The summed E-state index contributed by atoms with van der Waals surface area (Å²) in [6.07, 6.45) is 1.38. The van der Waals surface area contributed by atoms with E-state index in [9.17, 15) is 23.2 Å². The van der Waals surface area contributed by atoms with E-state index in [1.807, 2.05) is 18.2 Å². The van der Waals surface area contributed by atoms with E-state index in [0.29, 0.717) is 16.9 Å². The predicted molar refractivity (Wildman–Crippen MR) is 225 cm³/mol. The van der Waals surface area contributed by atoms with Crippen molar-refractivity contribution in [1.82, 2.24) is 19.9 Å². The Hall–Kier alpha value is -6.93. The smallest absolute Gasteiger partial charge is 0.444 e. The molecular weight excluding hydrogens is 845 g/mol. The molecule has 0 radical (unpaired) electrons. The van der Waals surface area contributed by atoms with Crippen molar-refractivity contribution in [3.63, 3.8) is 0 Å². The zero-order valence-electron chi connectivity index (χ0n) is 32.9. The Morgan fingerprint density at radius 1 is 0.683 bits per heavy atom. The van der Waals surface area contributed by atoms with Crippen LogP contribution in [0.25, 0.3) is 31.8 Å². The molecule has 0 aliphatic rings. The van der Waals surface area contributed by atoms with E-state index in [0.717, 1.165) is 27.6 Å². The fraction of sp³-hybridized carbons (Fsp3) is 0.195. The molecule has 0 unspecified atom stereocenters. The molecule has 2 aromatic heterocycles. The number of hydrogen-bond donors (Lipinski definition) is 4. The molecule has 0 atom stereocenters. The van der Waals surface area contributed by atoms with Gasteiger partial charge in [0.25, 0.3) is 11.6 Å². The second kappa shape index (κ2) is 19.7. The number of hydrogen-bond acceptors (Lipinski definition) is 11. The van der Waals surface area contributed by atoms with Crippen molar-refractivity contribution in [3.8, 4) is 0 Å². The maximum atomic E-state index is 14.5. The van der Waals surface area contributed by atoms with Gasteiger partial charge in [0.1, 0.15) is 33.9 Å². The number of ether oxygens (including phenoxy) is 2. The van der Waals surface area contributed by atoms with E-state index in [4.69, 9.17) is 32.7 Å². The van der Waals surface area contributed by atoms with Crippen molar-refractivity contribution >= 4 is 91.6 Å². The van der Waals surface area contributed by atoms with Crippen LogP contribution < -0.4 is 16.1 Å². The Labute approximate surface area is 351 Å². The lowest BCUT2D eigenvalue weighted by Gasteiger charge is -2.19. The molecule has 0 spiro atoms. The van der Waals surface area contributed by atoms with Crippen molar-refractivity contribution in [2.24, 2.45) is 0 Å². The van der Waals surface area contributed by atoms with Gasteiger partial charge in [0, 0.05) is 39.0 Å². The minimum absolute atomic E-state index is 0.103. The van der Waals surface area contributed by atoms with Crippen LogP contribution in [-0.2, 0) is 9.47 Å². The molecule has 0 bridgehead atoms. The summed E-state index contributed by atoms with van der Waals surface area (Å²) in [5.41, 5.74) is 1.22. The van der Waals surface area contributed by atoms with Crippen LogP contribution in [0, 0.1) is 24.8 Å². The molecule has 2 amide bonds. The summed E-state index contributed by atoms with van der Waals surface area (Å²) in [6.45, 7) is 24.0. The first-order valence-corrected chi connectivity index (χ1v) is 18.4. The largest absolute Gasteiger partial charge is 0.491 e. The van der Waals surface area contributed by atoms with E-state index >= 15 is 0 Å². The standard InChI is InChI=1S/C21H17FN4O3.C11H15BFNO4.C9H4BrN3/c1-21(2,3)29-20(28)25-13-6-7-14(15(22)10-13)19(27)12-5-8-16-17(9-12)26-18(23-4)11-24-16;1-11(2,3)18-10(15)14-7-4-5-8(12(16)17)9(13)6-7;1-11-9-5-12-7-3-2-6(10)4-8(7)13-9/h5-11H,1-3H3,(H,25,28);4-6,16-17H,1-3H3,(H,14,15);2-5H. The van der Waals surface area contributed by atoms with Gasteiger partial charge >= 0.3 is 19.3 Å². The Bertz CT molecular complexity index is 2660. The molecule has 0 saturated heterocycles. The lowest BCUT2D eigenvalue weighted by atomic mass is 9.80.